The summed E-state index contributed by atoms with van der Waals surface area (Å²) in [5.74, 6) is 1.20. The first-order valence-electron chi connectivity index (χ1n) is 8.11. The molecular weight excluding hydrogens is 316 g/mol. The number of hydrogen-bond acceptors (Lipinski definition) is 5. The molecule has 3 aromatic rings. The molecule has 0 fully saturated rings. The second kappa shape index (κ2) is 7.17. The Hall–Kier alpha value is -3.15. The summed E-state index contributed by atoms with van der Waals surface area (Å²) in [6.45, 7) is 6.35. The van der Waals surface area contributed by atoms with Gasteiger partial charge >= 0.3 is 0 Å². The molecular formula is C19H20N4O2. The Balaban J connectivity index is 1.77. The molecule has 1 amide bonds. The van der Waals surface area contributed by atoms with Crippen molar-refractivity contribution in [3.63, 3.8) is 0 Å². The van der Waals surface area contributed by atoms with Crippen LogP contribution in [-0.4, -0.2) is 22.6 Å². The van der Waals surface area contributed by atoms with Crippen LogP contribution < -0.4 is 10.2 Å². The Morgan fingerprint density at radius 3 is 2.64 bits per heavy atom. The highest BCUT2D eigenvalue weighted by Gasteiger charge is 2.17. The smallest absolute Gasteiger partial charge is 0.276 e. The number of carbonyl (C=O) groups is 1. The maximum atomic E-state index is 12.8. The van der Waals surface area contributed by atoms with Gasteiger partial charge in [-0.3, -0.25) is 4.79 Å². The van der Waals surface area contributed by atoms with E-state index < -0.39 is 0 Å². The Labute approximate surface area is 146 Å². The fourth-order valence-corrected chi connectivity index (χ4v) is 2.55. The van der Waals surface area contributed by atoms with Crippen molar-refractivity contribution in [2.75, 3.05) is 16.8 Å². The Morgan fingerprint density at radius 1 is 1.20 bits per heavy atom. The summed E-state index contributed by atoms with van der Waals surface area (Å²) >= 11 is 0. The Bertz CT molecular complexity index is 871. The number of nitrogens with zero attached hydrogens (tertiary/aromatic N) is 3. The van der Waals surface area contributed by atoms with E-state index >= 15 is 0 Å². The maximum Gasteiger partial charge on any atom is 0.276 e. The van der Waals surface area contributed by atoms with E-state index in [4.69, 9.17) is 4.52 Å². The standard InChI is InChI=1S/C19H20N4O2/c1-4-23(16-7-5-6-13(2)10-16)19(24)17-9-8-15(12-20-17)21-18-11-14(3)25-22-18/h5-12H,4H2,1-3H3,(H,21,22). The molecule has 0 saturated heterocycles. The van der Waals surface area contributed by atoms with Gasteiger partial charge in [0, 0.05) is 18.3 Å². The number of aryl methyl sites for hydroxylation is 2. The van der Waals surface area contributed by atoms with Crippen molar-refractivity contribution in [3.8, 4) is 0 Å². The van der Waals surface area contributed by atoms with Crippen molar-refractivity contribution in [1.82, 2.24) is 10.1 Å². The molecule has 1 aromatic carbocycles. The predicted molar refractivity (Wildman–Crippen MR) is 97.3 cm³/mol. The average Bonchev–Trinajstić information content (AvgIpc) is 3.01. The molecule has 0 radical (unpaired) electrons. The molecule has 0 bridgehead atoms. The van der Waals surface area contributed by atoms with Crippen LogP contribution in [-0.2, 0) is 0 Å². The summed E-state index contributed by atoms with van der Waals surface area (Å²) < 4.78 is 5.01. The van der Waals surface area contributed by atoms with Crippen LogP contribution in [0.3, 0.4) is 0 Å². The molecule has 0 unspecified atom stereocenters. The van der Waals surface area contributed by atoms with Gasteiger partial charge in [-0.05, 0) is 50.6 Å². The van der Waals surface area contributed by atoms with E-state index in [1.54, 1.807) is 29.3 Å². The van der Waals surface area contributed by atoms with E-state index in [0.29, 0.717) is 18.1 Å². The van der Waals surface area contributed by atoms with Crippen LogP contribution in [0.4, 0.5) is 17.2 Å². The molecule has 3 rings (SSSR count). The lowest BCUT2D eigenvalue weighted by Gasteiger charge is -2.21. The highest BCUT2D eigenvalue weighted by molar-refractivity contribution is 6.04. The quantitative estimate of drug-likeness (QED) is 0.759. The zero-order valence-electron chi connectivity index (χ0n) is 14.5. The SMILES string of the molecule is CCN(C(=O)c1ccc(Nc2cc(C)on2)cn1)c1cccc(C)c1. The van der Waals surface area contributed by atoms with Crippen LogP contribution >= 0.6 is 0 Å². The summed E-state index contributed by atoms with van der Waals surface area (Å²) in [5, 5.41) is 6.95. The van der Waals surface area contributed by atoms with E-state index in [1.165, 1.54) is 0 Å². The van der Waals surface area contributed by atoms with Gasteiger partial charge in [0.1, 0.15) is 11.5 Å². The monoisotopic (exact) mass is 336 g/mol. The Morgan fingerprint density at radius 2 is 2.04 bits per heavy atom. The number of carbonyl (C=O) groups excluding carboxylic acids is 1. The average molecular weight is 336 g/mol. The molecule has 2 heterocycles. The summed E-state index contributed by atoms with van der Waals surface area (Å²) in [6.07, 6.45) is 1.61. The van der Waals surface area contributed by atoms with Crippen LogP contribution in [0.15, 0.2) is 53.2 Å². The van der Waals surface area contributed by atoms with Gasteiger partial charge in [-0.1, -0.05) is 17.3 Å². The highest BCUT2D eigenvalue weighted by Crippen LogP contribution is 2.19. The number of benzene rings is 1. The van der Waals surface area contributed by atoms with Gasteiger partial charge in [0.05, 0.1) is 11.9 Å². The second-order valence-corrected chi connectivity index (χ2v) is 5.77. The van der Waals surface area contributed by atoms with Gasteiger partial charge < -0.3 is 14.7 Å². The molecule has 0 aliphatic heterocycles. The third kappa shape index (κ3) is 3.85. The third-order valence-corrected chi connectivity index (χ3v) is 3.76. The van der Waals surface area contributed by atoms with E-state index in [1.807, 2.05) is 45.0 Å². The van der Waals surface area contributed by atoms with Gasteiger partial charge in [-0.25, -0.2) is 4.98 Å². The molecule has 0 spiro atoms. The maximum absolute atomic E-state index is 12.8. The van der Waals surface area contributed by atoms with E-state index in [-0.39, 0.29) is 5.91 Å². The van der Waals surface area contributed by atoms with Crippen molar-refractivity contribution in [2.45, 2.75) is 20.8 Å². The summed E-state index contributed by atoms with van der Waals surface area (Å²) in [4.78, 5) is 18.8. The first-order chi connectivity index (χ1) is 12.1. The van der Waals surface area contributed by atoms with Crippen molar-refractivity contribution in [1.29, 1.82) is 0 Å². The lowest BCUT2D eigenvalue weighted by Crippen LogP contribution is -2.31. The molecule has 2 aromatic heterocycles. The zero-order valence-corrected chi connectivity index (χ0v) is 14.5. The molecule has 1 N–H and O–H groups in total. The van der Waals surface area contributed by atoms with E-state index in [0.717, 1.165) is 22.7 Å². The zero-order chi connectivity index (χ0) is 17.8. The van der Waals surface area contributed by atoms with Crippen LogP contribution in [0.2, 0.25) is 0 Å². The van der Waals surface area contributed by atoms with E-state index in [2.05, 4.69) is 15.5 Å². The summed E-state index contributed by atoms with van der Waals surface area (Å²) in [5.41, 5.74) is 3.11. The number of nitrogens with one attached hydrogen (secondary N) is 1. The Kier molecular flexibility index (Phi) is 4.79. The van der Waals surface area contributed by atoms with Gasteiger partial charge in [0.2, 0.25) is 0 Å². The first kappa shape index (κ1) is 16.7. The minimum Gasteiger partial charge on any atom is -0.360 e. The molecule has 128 valence electrons. The van der Waals surface area contributed by atoms with Crippen molar-refractivity contribution < 1.29 is 9.32 Å². The number of anilines is 3. The molecule has 6 heteroatoms. The number of amides is 1. The normalized spacial score (nSPS) is 10.5. The number of pyridine rings is 1. The summed E-state index contributed by atoms with van der Waals surface area (Å²) in [6, 6.07) is 13.2. The summed E-state index contributed by atoms with van der Waals surface area (Å²) in [7, 11) is 0. The number of hydrogen-bond donors (Lipinski definition) is 1. The van der Waals surface area contributed by atoms with E-state index in [9.17, 15) is 4.79 Å². The van der Waals surface area contributed by atoms with Crippen molar-refractivity contribution >= 4 is 23.1 Å². The lowest BCUT2D eigenvalue weighted by atomic mass is 10.2. The molecule has 0 saturated carbocycles. The second-order valence-electron chi connectivity index (χ2n) is 5.77. The molecule has 6 nitrogen and oxygen atoms in total. The molecule has 0 atom stereocenters. The van der Waals surface area contributed by atoms with Gasteiger partial charge in [0.25, 0.3) is 5.91 Å². The van der Waals surface area contributed by atoms with Gasteiger partial charge in [0.15, 0.2) is 5.82 Å². The minimum absolute atomic E-state index is 0.128. The van der Waals surface area contributed by atoms with Gasteiger partial charge in [-0.15, -0.1) is 0 Å². The van der Waals surface area contributed by atoms with Crippen molar-refractivity contribution in [2.24, 2.45) is 0 Å². The van der Waals surface area contributed by atoms with Gasteiger partial charge in [-0.2, -0.15) is 0 Å². The highest BCUT2D eigenvalue weighted by atomic mass is 16.5. The molecule has 25 heavy (non-hydrogen) atoms. The third-order valence-electron chi connectivity index (χ3n) is 3.76. The fourth-order valence-electron chi connectivity index (χ4n) is 2.55. The largest absolute Gasteiger partial charge is 0.360 e. The topological polar surface area (TPSA) is 71.3 Å². The molecule has 0 aliphatic carbocycles. The van der Waals surface area contributed by atoms with Crippen LogP contribution in [0.25, 0.3) is 0 Å². The number of aromatic nitrogens is 2. The van der Waals surface area contributed by atoms with Crippen LogP contribution in [0, 0.1) is 13.8 Å². The predicted octanol–water partition coefficient (Wildman–Crippen LogP) is 4.10. The number of rotatable bonds is 5. The molecule has 0 aliphatic rings. The lowest BCUT2D eigenvalue weighted by molar-refractivity contribution is 0.0983. The first-order valence-corrected chi connectivity index (χ1v) is 8.11. The van der Waals surface area contributed by atoms with Crippen molar-refractivity contribution in [3.05, 3.63) is 65.7 Å². The van der Waals surface area contributed by atoms with Crippen LogP contribution in [0.1, 0.15) is 28.7 Å². The van der Waals surface area contributed by atoms with Crippen LogP contribution in [0.5, 0.6) is 0 Å². The fraction of sp³-hybridized carbons (Fsp3) is 0.211. The minimum atomic E-state index is -0.128.